The van der Waals surface area contributed by atoms with E-state index in [1.165, 1.54) is 6.07 Å². The zero-order valence-corrected chi connectivity index (χ0v) is 9.42. The number of halogens is 1. The van der Waals surface area contributed by atoms with Gasteiger partial charge in [0, 0.05) is 16.6 Å². The topological polar surface area (TPSA) is 56.0 Å². The normalized spacial score (nSPS) is 12.5. The SMILES string of the molecule is CC(C)NC(C#N)c1cc(Cl)ccc1O. The highest BCUT2D eigenvalue weighted by atomic mass is 35.5. The summed E-state index contributed by atoms with van der Waals surface area (Å²) in [5.74, 6) is 0.0825. The molecule has 1 rings (SSSR count). The highest BCUT2D eigenvalue weighted by molar-refractivity contribution is 6.30. The second-order valence-electron chi connectivity index (χ2n) is 3.59. The van der Waals surface area contributed by atoms with Crippen molar-refractivity contribution in [3.63, 3.8) is 0 Å². The Bertz CT molecular complexity index is 385. The van der Waals surface area contributed by atoms with Crippen LogP contribution in [0.5, 0.6) is 5.75 Å². The summed E-state index contributed by atoms with van der Waals surface area (Å²) in [5.41, 5.74) is 0.513. The number of phenolic OH excluding ortho intramolecular Hbond substituents is 1. The van der Waals surface area contributed by atoms with Crippen LogP contribution in [-0.2, 0) is 0 Å². The molecule has 15 heavy (non-hydrogen) atoms. The van der Waals surface area contributed by atoms with Crippen molar-refractivity contribution in [3.05, 3.63) is 28.8 Å². The van der Waals surface area contributed by atoms with Crippen LogP contribution in [0.2, 0.25) is 5.02 Å². The van der Waals surface area contributed by atoms with E-state index in [1.807, 2.05) is 13.8 Å². The average molecular weight is 225 g/mol. The predicted molar refractivity (Wildman–Crippen MR) is 59.7 cm³/mol. The molecule has 0 aliphatic carbocycles. The first kappa shape index (κ1) is 11.8. The lowest BCUT2D eigenvalue weighted by molar-refractivity contribution is 0.453. The molecule has 1 aromatic rings. The second-order valence-corrected chi connectivity index (χ2v) is 4.02. The smallest absolute Gasteiger partial charge is 0.125 e. The van der Waals surface area contributed by atoms with Gasteiger partial charge in [0.1, 0.15) is 11.8 Å². The van der Waals surface area contributed by atoms with Crippen LogP contribution in [-0.4, -0.2) is 11.1 Å². The van der Waals surface area contributed by atoms with Crippen LogP contribution in [0.4, 0.5) is 0 Å². The van der Waals surface area contributed by atoms with Crippen molar-refractivity contribution in [2.45, 2.75) is 25.9 Å². The van der Waals surface area contributed by atoms with E-state index in [0.29, 0.717) is 10.6 Å². The van der Waals surface area contributed by atoms with Crippen molar-refractivity contribution >= 4 is 11.6 Å². The molecule has 3 nitrogen and oxygen atoms in total. The van der Waals surface area contributed by atoms with Crippen molar-refractivity contribution in [1.82, 2.24) is 5.32 Å². The van der Waals surface area contributed by atoms with Gasteiger partial charge in [0.15, 0.2) is 0 Å². The van der Waals surface area contributed by atoms with E-state index in [0.717, 1.165) is 0 Å². The summed E-state index contributed by atoms with van der Waals surface area (Å²) in [6.07, 6.45) is 0. The molecule has 80 valence electrons. The maximum atomic E-state index is 9.60. The van der Waals surface area contributed by atoms with Crippen LogP contribution in [0.15, 0.2) is 18.2 Å². The molecule has 1 unspecified atom stereocenters. The number of nitriles is 1. The number of hydrogen-bond acceptors (Lipinski definition) is 3. The van der Waals surface area contributed by atoms with Gasteiger partial charge in [-0.25, -0.2) is 0 Å². The molecule has 0 aliphatic rings. The van der Waals surface area contributed by atoms with E-state index in [4.69, 9.17) is 16.9 Å². The molecule has 0 heterocycles. The predicted octanol–water partition coefficient (Wildman–Crippen LogP) is 2.61. The number of aromatic hydroxyl groups is 1. The minimum atomic E-state index is -0.538. The Balaban J connectivity index is 3.02. The Kier molecular flexibility index (Phi) is 3.96. The summed E-state index contributed by atoms with van der Waals surface area (Å²) >= 11 is 5.81. The monoisotopic (exact) mass is 224 g/mol. The van der Waals surface area contributed by atoms with Gasteiger partial charge >= 0.3 is 0 Å². The molecule has 1 atom stereocenters. The minimum Gasteiger partial charge on any atom is -0.508 e. The molecule has 0 amide bonds. The first-order chi connectivity index (χ1) is 7.04. The summed E-state index contributed by atoms with van der Waals surface area (Å²) in [6.45, 7) is 3.87. The first-order valence-corrected chi connectivity index (χ1v) is 5.06. The molecular formula is C11H13ClN2O. The molecule has 2 N–H and O–H groups in total. The van der Waals surface area contributed by atoms with Crippen molar-refractivity contribution < 1.29 is 5.11 Å². The van der Waals surface area contributed by atoms with E-state index in [9.17, 15) is 5.11 Å². The summed E-state index contributed by atoms with van der Waals surface area (Å²) in [4.78, 5) is 0. The van der Waals surface area contributed by atoms with E-state index in [2.05, 4.69) is 11.4 Å². The van der Waals surface area contributed by atoms with Crippen LogP contribution in [0, 0.1) is 11.3 Å². The van der Waals surface area contributed by atoms with Gasteiger partial charge < -0.3 is 5.11 Å². The van der Waals surface area contributed by atoms with Crippen molar-refractivity contribution in [2.24, 2.45) is 0 Å². The Morgan fingerprint density at radius 2 is 2.13 bits per heavy atom. The molecule has 0 spiro atoms. The molecule has 0 saturated heterocycles. The number of nitrogens with one attached hydrogen (secondary N) is 1. The van der Waals surface area contributed by atoms with Gasteiger partial charge in [0.25, 0.3) is 0 Å². The third-order valence-corrected chi connectivity index (χ3v) is 2.16. The maximum Gasteiger partial charge on any atom is 0.125 e. The van der Waals surface area contributed by atoms with E-state index in [1.54, 1.807) is 12.1 Å². The summed E-state index contributed by atoms with van der Waals surface area (Å²) in [5, 5.41) is 22.1. The lowest BCUT2D eigenvalue weighted by Crippen LogP contribution is -2.27. The minimum absolute atomic E-state index is 0.0825. The molecule has 1 aromatic carbocycles. The lowest BCUT2D eigenvalue weighted by Gasteiger charge is -2.16. The molecular weight excluding hydrogens is 212 g/mol. The Morgan fingerprint density at radius 1 is 1.47 bits per heavy atom. The number of phenols is 1. The Morgan fingerprint density at radius 3 is 2.67 bits per heavy atom. The fourth-order valence-corrected chi connectivity index (χ4v) is 1.47. The molecule has 0 aliphatic heterocycles. The van der Waals surface area contributed by atoms with Gasteiger partial charge in [0.2, 0.25) is 0 Å². The highest BCUT2D eigenvalue weighted by Gasteiger charge is 2.15. The number of hydrogen-bond donors (Lipinski definition) is 2. The molecule has 0 radical (unpaired) electrons. The van der Waals surface area contributed by atoms with Crippen LogP contribution in [0.1, 0.15) is 25.5 Å². The average Bonchev–Trinajstić information content (AvgIpc) is 2.18. The van der Waals surface area contributed by atoms with Crippen LogP contribution >= 0.6 is 11.6 Å². The standard InChI is InChI=1S/C11H13ClN2O/c1-7(2)14-10(6-13)9-5-8(12)3-4-11(9)15/h3-5,7,10,14-15H,1-2H3. The number of nitrogens with zero attached hydrogens (tertiary/aromatic N) is 1. The van der Waals surface area contributed by atoms with Crippen LogP contribution < -0.4 is 5.32 Å². The van der Waals surface area contributed by atoms with Gasteiger partial charge in [0.05, 0.1) is 6.07 Å². The molecule has 0 fully saturated rings. The van der Waals surface area contributed by atoms with Gasteiger partial charge in [-0.15, -0.1) is 0 Å². The molecule has 4 heteroatoms. The maximum absolute atomic E-state index is 9.60. The van der Waals surface area contributed by atoms with Gasteiger partial charge in [-0.3, -0.25) is 5.32 Å². The van der Waals surface area contributed by atoms with Gasteiger partial charge in [-0.1, -0.05) is 11.6 Å². The van der Waals surface area contributed by atoms with E-state index < -0.39 is 6.04 Å². The Labute approximate surface area is 94.3 Å². The summed E-state index contributed by atoms with van der Waals surface area (Å²) < 4.78 is 0. The Hall–Kier alpha value is -1.24. The quantitative estimate of drug-likeness (QED) is 0.830. The zero-order valence-electron chi connectivity index (χ0n) is 8.66. The van der Waals surface area contributed by atoms with Crippen molar-refractivity contribution in [1.29, 1.82) is 5.26 Å². The van der Waals surface area contributed by atoms with E-state index in [-0.39, 0.29) is 11.8 Å². The lowest BCUT2D eigenvalue weighted by atomic mass is 10.1. The highest BCUT2D eigenvalue weighted by Crippen LogP contribution is 2.27. The van der Waals surface area contributed by atoms with Crippen molar-refractivity contribution in [2.75, 3.05) is 0 Å². The second kappa shape index (κ2) is 5.01. The fraction of sp³-hybridized carbons (Fsp3) is 0.364. The largest absolute Gasteiger partial charge is 0.508 e. The molecule has 0 bridgehead atoms. The third-order valence-electron chi connectivity index (χ3n) is 1.93. The number of rotatable bonds is 3. The van der Waals surface area contributed by atoms with Gasteiger partial charge in [-0.2, -0.15) is 5.26 Å². The third kappa shape index (κ3) is 3.12. The number of benzene rings is 1. The molecule has 0 saturated carbocycles. The van der Waals surface area contributed by atoms with Crippen LogP contribution in [0.25, 0.3) is 0 Å². The van der Waals surface area contributed by atoms with Crippen molar-refractivity contribution in [3.8, 4) is 11.8 Å². The van der Waals surface area contributed by atoms with E-state index >= 15 is 0 Å². The van der Waals surface area contributed by atoms with Crippen LogP contribution in [0.3, 0.4) is 0 Å². The first-order valence-electron chi connectivity index (χ1n) is 4.68. The summed E-state index contributed by atoms with van der Waals surface area (Å²) in [6, 6.07) is 6.38. The van der Waals surface area contributed by atoms with Gasteiger partial charge in [-0.05, 0) is 32.0 Å². The zero-order chi connectivity index (χ0) is 11.4. The summed E-state index contributed by atoms with van der Waals surface area (Å²) in [7, 11) is 0. The fourth-order valence-electron chi connectivity index (χ4n) is 1.29. The molecule has 0 aromatic heterocycles.